The van der Waals surface area contributed by atoms with Crippen LogP contribution in [-0.2, 0) is 11.2 Å². The molecule has 26 heavy (non-hydrogen) atoms. The van der Waals surface area contributed by atoms with Crippen LogP contribution in [0.25, 0.3) is 6.08 Å². The molecule has 134 valence electrons. The summed E-state index contributed by atoms with van der Waals surface area (Å²) in [7, 11) is 1.56. The van der Waals surface area contributed by atoms with Gasteiger partial charge in [-0.25, -0.2) is 0 Å². The summed E-state index contributed by atoms with van der Waals surface area (Å²) in [6.45, 7) is 2.84. The number of carbonyl (C=O) groups excluding carboxylic acids is 1. The van der Waals surface area contributed by atoms with Gasteiger partial charge in [-0.3, -0.25) is 4.79 Å². The molecule has 0 radical (unpaired) electrons. The number of amides is 1. The van der Waals surface area contributed by atoms with Crippen molar-refractivity contribution in [3.63, 3.8) is 0 Å². The highest BCUT2D eigenvalue weighted by molar-refractivity contribution is 6.01. The summed E-state index contributed by atoms with van der Waals surface area (Å²) in [5, 5.41) is 12.1. The van der Waals surface area contributed by atoms with Crippen molar-refractivity contribution in [2.75, 3.05) is 20.3 Å². The first-order valence-corrected chi connectivity index (χ1v) is 8.42. The van der Waals surface area contributed by atoms with E-state index < -0.39 is 5.91 Å². The van der Waals surface area contributed by atoms with Crippen LogP contribution in [0.4, 0.5) is 0 Å². The maximum Gasteiger partial charge on any atom is 0.261 e. The third-order valence-corrected chi connectivity index (χ3v) is 3.71. The number of nitrogens with zero attached hydrogens (tertiary/aromatic N) is 1. The molecule has 1 N–H and O–H groups in total. The fourth-order valence-corrected chi connectivity index (χ4v) is 2.43. The highest BCUT2D eigenvalue weighted by atomic mass is 16.5. The highest BCUT2D eigenvalue weighted by Crippen LogP contribution is 2.28. The molecule has 0 unspecified atom stereocenters. The Hall–Kier alpha value is -3.26. The summed E-state index contributed by atoms with van der Waals surface area (Å²) < 4.78 is 10.8. The first kappa shape index (κ1) is 19.1. The average Bonchev–Trinajstić information content (AvgIpc) is 2.67. The average molecular weight is 350 g/mol. The quantitative estimate of drug-likeness (QED) is 0.585. The van der Waals surface area contributed by atoms with Crippen LogP contribution in [0, 0.1) is 11.3 Å². The lowest BCUT2D eigenvalue weighted by Gasteiger charge is -2.10. The van der Waals surface area contributed by atoms with Gasteiger partial charge in [0.25, 0.3) is 5.91 Å². The minimum absolute atomic E-state index is 0.0469. The number of nitrogens with one attached hydrogen (secondary N) is 1. The molecule has 1 amide bonds. The first-order chi connectivity index (χ1) is 12.7. The lowest BCUT2D eigenvalue weighted by atomic mass is 10.1. The SMILES string of the molecule is CCOc1cc(/C=C(/C#N)C(=O)NCCc2ccccc2)ccc1OC. The fourth-order valence-electron chi connectivity index (χ4n) is 2.43. The minimum Gasteiger partial charge on any atom is -0.493 e. The predicted molar refractivity (Wildman–Crippen MR) is 101 cm³/mol. The molecule has 0 atom stereocenters. The number of hydrogen-bond acceptors (Lipinski definition) is 4. The zero-order valence-corrected chi connectivity index (χ0v) is 15.0. The maximum atomic E-state index is 12.2. The third kappa shape index (κ3) is 5.38. The van der Waals surface area contributed by atoms with E-state index in [0.29, 0.717) is 36.6 Å². The smallest absolute Gasteiger partial charge is 0.261 e. The van der Waals surface area contributed by atoms with Gasteiger partial charge in [-0.15, -0.1) is 0 Å². The molecule has 5 nitrogen and oxygen atoms in total. The van der Waals surface area contributed by atoms with Crippen molar-refractivity contribution in [2.24, 2.45) is 0 Å². The Labute approximate surface area is 153 Å². The molecule has 0 bridgehead atoms. The maximum absolute atomic E-state index is 12.2. The van der Waals surface area contributed by atoms with Gasteiger partial charge in [-0.05, 0) is 42.7 Å². The van der Waals surface area contributed by atoms with E-state index in [1.54, 1.807) is 31.4 Å². The molecule has 0 aromatic heterocycles. The molecular weight excluding hydrogens is 328 g/mol. The van der Waals surface area contributed by atoms with E-state index in [2.05, 4.69) is 5.32 Å². The Bertz CT molecular complexity index is 808. The summed E-state index contributed by atoms with van der Waals surface area (Å²) >= 11 is 0. The molecule has 0 saturated carbocycles. The molecule has 2 aromatic rings. The number of rotatable bonds is 8. The van der Waals surface area contributed by atoms with Gasteiger partial charge in [0.1, 0.15) is 11.6 Å². The van der Waals surface area contributed by atoms with E-state index in [-0.39, 0.29) is 5.57 Å². The lowest BCUT2D eigenvalue weighted by molar-refractivity contribution is -0.117. The van der Waals surface area contributed by atoms with Crippen molar-refractivity contribution in [2.45, 2.75) is 13.3 Å². The second-order valence-electron chi connectivity index (χ2n) is 5.50. The van der Waals surface area contributed by atoms with Crippen molar-refractivity contribution in [1.82, 2.24) is 5.32 Å². The summed E-state index contributed by atoms with van der Waals surface area (Å²) in [4.78, 5) is 12.2. The van der Waals surface area contributed by atoms with E-state index in [0.717, 1.165) is 5.56 Å². The Morgan fingerprint density at radius 2 is 1.96 bits per heavy atom. The third-order valence-electron chi connectivity index (χ3n) is 3.71. The van der Waals surface area contributed by atoms with Crippen LogP contribution in [0.2, 0.25) is 0 Å². The largest absolute Gasteiger partial charge is 0.493 e. The predicted octanol–water partition coefficient (Wildman–Crippen LogP) is 3.36. The minimum atomic E-state index is -0.391. The topological polar surface area (TPSA) is 71.3 Å². The van der Waals surface area contributed by atoms with Gasteiger partial charge in [0.15, 0.2) is 11.5 Å². The van der Waals surface area contributed by atoms with Crippen molar-refractivity contribution in [3.8, 4) is 17.6 Å². The normalized spacial score (nSPS) is 10.7. The monoisotopic (exact) mass is 350 g/mol. The van der Waals surface area contributed by atoms with Crippen LogP contribution in [0.3, 0.4) is 0 Å². The first-order valence-electron chi connectivity index (χ1n) is 8.42. The Kier molecular flexibility index (Phi) is 7.26. The molecule has 2 rings (SSSR count). The number of hydrogen-bond donors (Lipinski definition) is 1. The van der Waals surface area contributed by atoms with Crippen LogP contribution in [0.5, 0.6) is 11.5 Å². The molecule has 0 aliphatic rings. The summed E-state index contributed by atoms with van der Waals surface area (Å²) in [6, 6.07) is 17.1. The Balaban J connectivity index is 2.05. The standard InChI is InChI=1S/C21H22N2O3/c1-3-26-20-14-17(9-10-19(20)25-2)13-18(15-22)21(24)23-12-11-16-7-5-4-6-8-16/h4-10,13-14H,3,11-12H2,1-2H3,(H,23,24)/b18-13-. The fraction of sp³-hybridized carbons (Fsp3) is 0.238. The zero-order chi connectivity index (χ0) is 18.8. The molecular formula is C21H22N2O3. The summed E-state index contributed by atoms with van der Waals surface area (Å²) in [5.41, 5.74) is 1.88. The Morgan fingerprint density at radius 1 is 1.19 bits per heavy atom. The molecule has 0 aliphatic heterocycles. The molecule has 0 saturated heterocycles. The van der Waals surface area contributed by atoms with Crippen molar-refractivity contribution < 1.29 is 14.3 Å². The van der Waals surface area contributed by atoms with Crippen molar-refractivity contribution in [3.05, 3.63) is 65.2 Å². The van der Waals surface area contributed by atoms with Crippen LogP contribution in [-0.4, -0.2) is 26.2 Å². The zero-order valence-electron chi connectivity index (χ0n) is 15.0. The number of ether oxygens (including phenoxy) is 2. The van der Waals surface area contributed by atoms with E-state index >= 15 is 0 Å². The van der Waals surface area contributed by atoms with Crippen LogP contribution in [0.1, 0.15) is 18.1 Å². The number of methoxy groups -OCH3 is 1. The number of carbonyl (C=O) groups is 1. The van der Waals surface area contributed by atoms with Crippen LogP contribution in [0.15, 0.2) is 54.1 Å². The lowest BCUT2D eigenvalue weighted by Crippen LogP contribution is -2.26. The second kappa shape index (κ2) is 9.90. The van der Waals surface area contributed by atoms with Crippen molar-refractivity contribution >= 4 is 12.0 Å². The summed E-state index contributed by atoms with van der Waals surface area (Å²) in [5.74, 6) is 0.789. The van der Waals surface area contributed by atoms with Gasteiger partial charge in [0, 0.05) is 6.54 Å². The van der Waals surface area contributed by atoms with Crippen LogP contribution >= 0.6 is 0 Å². The Morgan fingerprint density at radius 3 is 2.62 bits per heavy atom. The van der Waals surface area contributed by atoms with Gasteiger partial charge >= 0.3 is 0 Å². The molecule has 0 fully saturated rings. The van der Waals surface area contributed by atoms with E-state index in [1.807, 2.05) is 43.3 Å². The second-order valence-corrected chi connectivity index (χ2v) is 5.50. The van der Waals surface area contributed by atoms with Gasteiger partial charge < -0.3 is 14.8 Å². The van der Waals surface area contributed by atoms with Gasteiger partial charge in [0.2, 0.25) is 0 Å². The van der Waals surface area contributed by atoms with E-state index in [4.69, 9.17) is 9.47 Å². The van der Waals surface area contributed by atoms with E-state index in [1.165, 1.54) is 0 Å². The molecule has 0 heterocycles. The number of benzene rings is 2. The highest BCUT2D eigenvalue weighted by Gasteiger charge is 2.10. The van der Waals surface area contributed by atoms with Crippen molar-refractivity contribution in [1.29, 1.82) is 5.26 Å². The van der Waals surface area contributed by atoms with Gasteiger partial charge in [-0.1, -0.05) is 36.4 Å². The molecule has 0 spiro atoms. The van der Waals surface area contributed by atoms with Gasteiger partial charge in [-0.2, -0.15) is 5.26 Å². The van der Waals surface area contributed by atoms with E-state index in [9.17, 15) is 10.1 Å². The summed E-state index contributed by atoms with van der Waals surface area (Å²) in [6.07, 6.45) is 2.25. The van der Waals surface area contributed by atoms with Gasteiger partial charge in [0.05, 0.1) is 13.7 Å². The molecule has 2 aromatic carbocycles. The molecule has 0 aliphatic carbocycles. The molecule has 5 heteroatoms. The van der Waals surface area contributed by atoms with Crippen LogP contribution < -0.4 is 14.8 Å². The number of nitriles is 1.